The molecule has 4 rings (SSSR count). The van der Waals surface area contributed by atoms with E-state index in [1.807, 2.05) is 0 Å². The van der Waals surface area contributed by atoms with Crippen LogP contribution in [0, 0.1) is 12.8 Å². The fourth-order valence-corrected chi connectivity index (χ4v) is 5.48. The average Bonchev–Trinajstić information content (AvgIpc) is 3.16. The molecule has 3 atom stereocenters. The van der Waals surface area contributed by atoms with Crippen molar-refractivity contribution in [3.63, 3.8) is 0 Å². The molecule has 2 aliphatic rings. The van der Waals surface area contributed by atoms with E-state index in [1.54, 1.807) is 0 Å². The van der Waals surface area contributed by atoms with E-state index in [-0.39, 0.29) is 6.61 Å². The maximum atomic E-state index is 11.0. The minimum atomic E-state index is -4.49. The largest absolute Gasteiger partial charge is 0.469 e. The molecular weight excluding hydrogens is 425 g/mol. The fraction of sp³-hybridized carbons (Fsp3) is 0.520. The maximum Gasteiger partial charge on any atom is 0.469 e. The van der Waals surface area contributed by atoms with Gasteiger partial charge in [0.15, 0.2) is 0 Å². The van der Waals surface area contributed by atoms with Gasteiger partial charge in [0.25, 0.3) is 0 Å². The summed E-state index contributed by atoms with van der Waals surface area (Å²) in [6, 6.07) is 15.3. The molecule has 0 aromatic heterocycles. The third-order valence-electron chi connectivity index (χ3n) is 6.94. The lowest BCUT2D eigenvalue weighted by molar-refractivity contribution is 0.0823. The minimum Gasteiger partial charge on any atom is -0.376 e. The molecule has 174 valence electrons. The summed E-state index contributed by atoms with van der Waals surface area (Å²) in [6.45, 7) is 3.43. The molecule has 6 nitrogen and oxygen atoms in total. The minimum absolute atomic E-state index is 0.108. The van der Waals surface area contributed by atoms with Crippen molar-refractivity contribution in [2.75, 3.05) is 13.2 Å². The van der Waals surface area contributed by atoms with Crippen LogP contribution in [0.4, 0.5) is 0 Å². The molecule has 2 aliphatic carbocycles. The second kappa shape index (κ2) is 9.76. The first-order chi connectivity index (χ1) is 15.2. The molecule has 4 N–H and O–H groups in total. The summed E-state index contributed by atoms with van der Waals surface area (Å²) in [7, 11) is -4.49. The van der Waals surface area contributed by atoms with Crippen LogP contribution in [-0.2, 0) is 33.3 Å². The number of aryl methyl sites for hydroxylation is 2. The first kappa shape index (κ1) is 23.6. The highest BCUT2D eigenvalue weighted by molar-refractivity contribution is 7.46. The zero-order valence-corrected chi connectivity index (χ0v) is 19.6. The Morgan fingerprint density at radius 3 is 2.66 bits per heavy atom. The van der Waals surface area contributed by atoms with Crippen LogP contribution < -0.4 is 5.73 Å². The van der Waals surface area contributed by atoms with Crippen molar-refractivity contribution in [1.29, 1.82) is 0 Å². The number of hydrogen-bond donors (Lipinski definition) is 3. The van der Waals surface area contributed by atoms with Gasteiger partial charge in [0.2, 0.25) is 0 Å². The van der Waals surface area contributed by atoms with Crippen molar-refractivity contribution in [1.82, 2.24) is 0 Å². The molecule has 0 saturated heterocycles. The van der Waals surface area contributed by atoms with E-state index < -0.39 is 13.4 Å². The monoisotopic (exact) mass is 459 g/mol. The molecule has 0 amide bonds. The van der Waals surface area contributed by atoms with E-state index in [1.165, 1.54) is 27.8 Å². The molecule has 1 fully saturated rings. The topological polar surface area (TPSA) is 102 Å². The first-order valence-electron chi connectivity index (χ1n) is 11.4. The summed E-state index contributed by atoms with van der Waals surface area (Å²) >= 11 is 0. The van der Waals surface area contributed by atoms with Crippen LogP contribution in [0.15, 0.2) is 42.5 Å². The predicted molar refractivity (Wildman–Crippen MR) is 124 cm³/mol. The SMILES string of the molecule is Cc1ccc(COC[C@@H]2CCc3cc([C@H]4CC[C@](N)(COP(=O)(O)O)C4)ccc3C2)cc1. The summed E-state index contributed by atoms with van der Waals surface area (Å²) in [6.07, 6.45) is 5.53. The van der Waals surface area contributed by atoms with E-state index in [0.29, 0.717) is 31.3 Å². The Labute approximate surface area is 190 Å². The number of ether oxygens (including phenoxy) is 1. The predicted octanol–water partition coefficient (Wildman–Crippen LogP) is 4.39. The van der Waals surface area contributed by atoms with Crippen molar-refractivity contribution in [3.05, 3.63) is 70.3 Å². The van der Waals surface area contributed by atoms with Gasteiger partial charge in [0, 0.05) is 5.54 Å². The normalized spacial score (nSPS) is 25.6. The van der Waals surface area contributed by atoms with Gasteiger partial charge in [0.1, 0.15) is 0 Å². The Balaban J connectivity index is 1.29. The van der Waals surface area contributed by atoms with Crippen LogP contribution >= 0.6 is 7.82 Å². The van der Waals surface area contributed by atoms with Gasteiger partial charge in [0.05, 0.1) is 19.8 Å². The van der Waals surface area contributed by atoms with E-state index in [0.717, 1.165) is 32.3 Å². The highest BCUT2D eigenvalue weighted by atomic mass is 31.2. The molecule has 0 radical (unpaired) electrons. The molecule has 2 aromatic carbocycles. The Morgan fingerprint density at radius 2 is 1.91 bits per heavy atom. The van der Waals surface area contributed by atoms with E-state index in [4.69, 9.17) is 24.8 Å². The van der Waals surface area contributed by atoms with E-state index in [2.05, 4.69) is 49.4 Å². The molecular formula is C25H34NO5P. The number of phosphoric acid groups is 1. The van der Waals surface area contributed by atoms with Gasteiger partial charge in [-0.05, 0) is 79.5 Å². The standard InChI is InChI=1S/C25H34NO5P/c1-18-2-4-19(5-3-18)15-30-16-20-6-7-22-13-23(9-8-21(22)12-20)24-10-11-25(26,14-24)17-31-32(27,28)29/h2-5,8-9,13,20,24H,6-7,10-12,14-17,26H2,1H3,(H2,27,28,29)/t20-,24+,25-/m1/s1. The number of rotatable bonds is 8. The molecule has 32 heavy (non-hydrogen) atoms. The second-order valence-corrected chi connectivity index (χ2v) is 10.9. The Kier molecular flexibility index (Phi) is 7.21. The lowest BCUT2D eigenvalue weighted by Crippen LogP contribution is -2.41. The second-order valence-electron chi connectivity index (χ2n) is 9.70. The average molecular weight is 460 g/mol. The molecule has 7 heteroatoms. The molecule has 1 saturated carbocycles. The zero-order chi connectivity index (χ0) is 22.8. The van der Waals surface area contributed by atoms with Crippen LogP contribution in [-0.4, -0.2) is 28.5 Å². The Bertz CT molecular complexity index is 973. The molecule has 0 heterocycles. The van der Waals surface area contributed by atoms with Gasteiger partial charge in [-0.3, -0.25) is 4.52 Å². The zero-order valence-electron chi connectivity index (χ0n) is 18.7. The fourth-order valence-electron chi connectivity index (χ4n) is 5.06. The molecule has 0 bridgehead atoms. The van der Waals surface area contributed by atoms with Gasteiger partial charge in [-0.1, -0.05) is 48.0 Å². The maximum absolute atomic E-state index is 11.0. The van der Waals surface area contributed by atoms with Crippen molar-refractivity contribution in [2.45, 2.75) is 63.5 Å². The van der Waals surface area contributed by atoms with Crippen molar-refractivity contribution >= 4 is 7.82 Å². The van der Waals surface area contributed by atoms with Gasteiger partial charge < -0.3 is 20.3 Å². The lowest BCUT2D eigenvalue weighted by atomic mass is 9.82. The van der Waals surface area contributed by atoms with Gasteiger partial charge in [-0.25, -0.2) is 4.57 Å². The third kappa shape index (κ3) is 6.28. The highest BCUT2D eigenvalue weighted by Gasteiger charge is 2.38. The van der Waals surface area contributed by atoms with Gasteiger partial charge in [-0.15, -0.1) is 0 Å². The van der Waals surface area contributed by atoms with Crippen LogP contribution in [0.1, 0.15) is 59.4 Å². The molecule has 0 unspecified atom stereocenters. The van der Waals surface area contributed by atoms with Crippen LogP contribution in [0.25, 0.3) is 0 Å². The van der Waals surface area contributed by atoms with E-state index >= 15 is 0 Å². The third-order valence-corrected chi connectivity index (χ3v) is 7.40. The summed E-state index contributed by atoms with van der Waals surface area (Å²) < 4.78 is 21.7. The lowest BCUT2D eigenvalue weighted by Gasteiger charge is -2.26. The summed E-state index contributed by atoms with van der Waals surface area (Å²) in [4.78, 5) is 18.0. The van der Waals surface area contributed by atoms with E-state index in [9.17, 15) is 4.57 Å². The smallest absolute Gasteiger partial charge is 0.376 e. The summed E-state index contributed by atoms with van der Waals surface area (Å²) in [5, 5.41) is 0. The first-order valence-corrected chi connectivity index (χ1v) is 13.0. The van der Waals surface area contributed by atoms with Gasteiger partial charge >= 0.3 is 7.82 Å². The number of hydrogen-bond acceptors (Lipinski definition) is 4. The van der Waals surface area contributed by atoms with Gasteiger partial charge in [-0.2, -0.15) is 0 Å². The van der Waals surface area contributed by atoms with Crippen LogP contribution in [0.5, 0.6) is 0 Å². The molecule has 0 spiro atoms. The highest BCUT2D eigenvalue weighted by Crippen LogP contribution is 2.44. The summed E-state index contributed by atoms with van der Waals surface area (Å²) in [5.41, 5.74) is 12.3. The van der Waals surface area contributed by atoms with Crippen molar-refractivity contribution in [2.24, 2.45) is 11.7 Å². The van der Waals surface area contributed by atoms with Crippen LogP contribution in [0.2, 0.25) is 0 Å². The quantitative estimate of drug-likeness (QED) is 0.506. The molecule has 2 aromatic rings. The summed E-state index contributed by atoms with van der Waals surface area (Å²) in [5.74, 6) is 0.855. The number of benzene rings is 2. The van der Waals surface area contributed by atoms with Crippen molar-refractivity contribution < 1.29 is 23.6 Å². The number of nitrogens with two attached hydrogens (primary N) is 1. The Hall–Kier alpha value is -1.53. The number of fused-ring (bicyclic) bond motifs is 1. The van der Waals surface area contributed by atoms with Crippen LogP contribution in [0.3, 0.4) is 0 Å². The molecule has 0 aliphatic heterocycles. The van der Waals surface area contributed by atoms with Crippen molar-refractivity contribution in [3.8, 4) is 0 Å². The number of phosphoric ester groups is 1. The Morgan fingerprint density at radius 1 is 1.12 bits per heavy atom.